The average Bonchev–Trinajstić information content (AvgIpc) is 3.16. The summed E-state index contributed by atoms with van der Waals surface area (Å²) in [4.78, 5) is 25.9. The van der Waals surface area contributed by atoms with Gasteiger partial charge in [-0.05, 0) is 48.9 Å². The van der Waals surface area contributed by atoms with Gasteiger partial charge in [0.15, 0.2) is 0 Å². The number of aryl methyl sites for hydroxylation is 2. The maximum atomic E-state index is 13.0. The zero-order valence-electron chi connectivity index (χ0n) is 16.9. The third kappa shape index (κ3) is 5.55. The maximum Gasteiger partial charge on any atom is 0.321 e. The van der Waals surface area contributed by atoms with Gasteiger partial charge in [-0.2, -0.15) is 4.31 Å². The summed E-state index contributed by atoms with van der Waals surface area (Å²) in [6, 6.07) is 4.97. The van der Waals surface area contributed by atoms with Gasteiger partial charge in [0.05, 0.1) is 11.4 Å². The minimum atomic E-state index is -3.53. The smallest absolute Gasteiger partial charge is 0.321 e. The molecule has 1 aliphatic carbocycles. The fraction of sp³-hybridized carbons (Fsp3) is 0.600. The first-order chi connectivity index (χ1) is 13.9. The first-order valence-electron chi connectivity index (χ1n) is 10.3. The normalized spacial score (nSPS) is 17.7. The van der Waals surface area contributed by atoms with E-state index in [1.165, 1.54) is 9.87 Å². The van der Waals surface area contributed by atoms with Crippen molar-refractivity contribution in [1.29, 1.82) is 0 Å². The zero-order valence-corrected chi connectivity index (χ0v) is 17.8. The summed E-state index contributed by atoms with van der Waals surface area (Å²) in [6.45, 7) is 4.20. The topological polar surface area (TPSA) is 98.8 Å². The van der Waals surface area contributed by atoms with Gasteiger partial charge in [0.1, 0.15) is 0 Å². The fourth-order valence-electron chi connectivity index (χ4n) is 3.78. The third-order valence-electron chi connectivity index (χ3n) is 5.48. The van der Waals surface area contributed by atoms with Crippen LogP contribution in [0, 0.1) is 0 Å². The minimum absolute atomic E-state index is 0.0773. The van der Waals surface area contributed by atoms with E-state index in [9.17, 15) is 18.0 Å². The molecule has 1 aromatic carbocycles. The summed E-state index contributed by atoms with van der Waals surface area (Å²) in [5.74, 6) is -0.381. The van der Waals surface area contributed by atoms with E-state index >= 15 is 0 Å². The second kappa shape index (κ2) is 9.69. The summed E-state index contributed by atoms with van der Waals surface area (Å²) in [5.41, 5.74) is 2.39. The van der Waals surface area contributed by atoms with Gasteiger partial charge in [0.25, 0.3) is 0 Å². The molecule has 0 aromatic heterocycles. The van der Waals surface area contributed by atoms with E-state index in [4.69, 9.17) is 0 Å². The number of urea groups is 1. The number of piperazine rings is 1. The molecule has 9 heteroatoms. The van der Waals surface area contributed by atoms with Crippen molar-refractivity contribution in [1.82, 2.24) is 19.8 Å². The number of fused-ring (bicyclic) bond motifs is 1. The summed E-state index contributed by atoms with van der Waals surface area (Å²) in [5, 5.41) is 4.95. The van der Waals surface area contributed by atoms with Crippen LogP contribution < -0.4 is 10.6 Å². The lowest BCUT2D eigenvalue weighted by molar-refractivity contribution is -0.121. The van der Waals surface area contributed by atoms with Gasteiger partial charge in [-0.25, -0.2) is 13.2 Å². The molecule has 1 heterocycles. The molecule has 8 nitrogen and oxygen atoms in total. The molecule has 0 bridgehead atoms. The quantitative estimate of drug-likeness (QED) is 0.642. The highest BCUT2D eigenvalue weighted by atomic mass is 32.2. The Kier molecular flexibility index (Phi) is 7.26. The van der Waals surface area contributed by atoms with Gasteiger partial charge in [0.2, 0.25) is 15.9 Å². The number of sulfonamides is 1. The molecule has 2 aliphatic rings. The molecule has 160 valence electrons. The average molecular weight is 423 g/mol. The maximum absolute atomic E-state index is 13.0. The Labute approximate surface area is 172 Å². The van der Waals surface area contributed by atoms with Crippen LogP contribution in [0.2, 0.25) is 0 Å². The van der Waals surface area contributed by atoms with Crippen LogP contribution in [0.5, 0.6) is 0 Å². The standard InChI is InChI=1S/C20H30N4O4S/c1-2-3-9-21-20(26)22-19(25)15-23-10-12-24(13-11-23)29(27,28)18-8-7-16-5-4-6-17(16)14-18/h7-8,14H,2-6,9-13,15H2,1H3,(H2,21,22,25,26). The summed E-state index contributed by atoms with van der Waals surface area (Å²) in [6.07, 6.45) is 4.87. The van der Waals surface area contributed by atoms with Crippen molar-refractivity contribution in [3.63, 3.8) is 0 Å². The van der Waals surface area contributed by atoms with E-state index < -0.39 is 16.1 Å². The largest absolute Gasteiger partial charge is 0.338 e. The third-order valence-corrected chi connectivity index (χ3v) is 7.37. The number of carbonyl (C=O) groups is 2. The Morgan fingerprint density at radius 3 is 2.52 bits per heavy atom. The molecular formula is C20H30N4O4S. The Morgan fingerprint density at radius 2 is 1.79 bits per heavy atom. The summed E-state index contributed by atoms with van der Waals surface area (Å²) in [7, 11) is -3.53. The molecule has 1 aromatic rings. The van der Waals surface area contributed by atoms with Gasteiger partial charge < -0.3 is 5.32 Å². The molecule has 0 spiro atoms. The predicted octanol–water partition coefficient (Wildman–Crippen LogP) is 1.11. The highest BCUT2D eigenvalue weighted by Gasteiger charge is 2.30. The van der Waals surface area contributed by atoms with E-state index in [0.717, 1.165) is 37.7 Å². The lowest BCUT2D eigenvalue weighted by Crippen LogP contribution is -2.52. The highest BCUT2D eigenvalue weighted by Crippen LogP contribution is 2.26. The first kappa shape index (κ1) is 21.7. The second-order valence-electron chi connectivity index (χ2n) is 7.62. The minimum Gasteiger partial charge on any atom is -0.338 e. The van der Waals surface area contributed by atoms with Crippen LogP contribution in [0.15, 0.2) is 23.1 Å². The molecular weight excluding hydrogens is 392 g/mol. The molecule has 3 amide bonds. The second-order valence-corrected chi connectivity index (χ2v) is 9.56. The molecule has 1 fully saturated rings. The fourth-order valence-corrected chi connectivity index (χ4v) is 5.25. The lowest BCUT2D eigenvalue weighted by Gasteiger charge is -2.33. The van der Waals surface area contributed by atoms with Gasteiger partial charge in [-0.1, -0.05) is 19.4 Å². The number of hydrogen-bond donors (Lipinski definition) is 2. The van der Waals surface area contributed by atoms with Crippen LogP contribution in [-0.2, 0) is 27.7 Å². The molecule has 0 atom stereocenters. The molecule has 1 saturated heterocycles. The summed E-state index contributed by atoms with van der Waals surface area (Å²) >= 11 is 0. The molecule has 1 aliphatic heterocycles. The van der Waals surface area contributed by atoms with Crippen LogP contribution in [0.3, 0.4) is 0 Å². The van der Waals surface area contributed by atoms with Gasteiger partial charge in [-0.15, -0.1) is 0 Å². The van der Waals surface area contributed by atoms with Crippen molar-refractivity contribution >= 4 is 22.0 Å². The van der Waals surface area contributed by atoms with Gasteiger partial charge in [-0.3, -0.25) is 15.0 Å². The van der Waals surface area contributed by atoms with Crippen molar-refractivity contribution in [2.45, 2.75) is 43.9 Å². The van der Waals surface area contributed by atoms with Crippen LogP contribution in [0.1, 0.15) is 37.3 Å². The number of benzene rings is 1. The van der Waals surface area contributed by atoms with Crippen molar-refractivity contribution in [2.24, 2.45) is 0 Å². The SMILES string of the molecule is CCCCNC(=O)NC(=O)CN1CCN(S(=O)(=O)c2ccc3c(c2)CCC3)CC1. The number of rotatable bonds is 7. The Balaban J connectivity index is 1.48. The van der Waals surface area contributed by atoms with E-state index in [1.54, 1.807) is 6.07 Å². The van der Waals surface area contributed by atoms with E-state index in [1.807, 2.05) is 24.0 Å². The monoisotopic (exact) mass is 422 g/mol. The van der Waals surface area contributed by atoms with Crippen LogP contribution >= 0.6 is 0 Å². The molecule has 2 N–H and O–H groups in total. The summed E-state index contributed by atoms with van der Waals surface area (Å²) < 4.78 is 27.4. The van der Waals surface area contributed by atoms with Crippen molar-refractivity contribution in [3.8, 4) is 0 Å². The molecule has 0 saturated carbocycles. The first-order valence-corrected chi connectivity index (χ1v) is 11.8. The number of carbonyl (C=O) groups excluding carboxylic acids is 2. The van der Waals surface area contributed by atoms with Crippen molar-refractivity contribution in [3.05, 3.63) is 29.3 Å². The Hall–Kier alpha value is -1.97. The van der Waals surface area contributed by atoms with Crippen LogP contribution in [0.4, 0.5) is 4.79 Å². The number of unbranched alkanes of at least 4 members (excludes halogenated alkanes) is 1. The lowest BCUT2D eigenvalue weighted by atomic mass is 10.1. The van der Waals surface area contributed by atoms with E-state index in [-0.39, 0.29) is 12.5 Å². The zero-order chi connectivity index (χ0) is 20.9. The molecule has 0 radical (unpaired) electrons. The molecule has 0 unspecified atom stereocenters. The van der Waals surface area contributed by atoms with Gasteiger partial charge >= 0.3 is 6.03 Å². The molecule has 29 heavy (non-hydrogen) atoms. The van der Waals surface area contributed by atoms with E-state index in [0.29, 0.717) is 37.6 Å². The number of imide groups is 1. The highest BCUT2D eigenvalue weighted by molar-refractivity contribution is 7.89. The number of hydrogen-bond acceptors (Lipinski definition) is 5. The predicted molar refractivity (Wildman–Crippen MR) is 110 cm³/mol. The van der Waals surface area contributed by atoms with Gasteiger partial charge in [0, 0.05) is 32.7 Å². The molecule has 3 rings (SSSR count). The van der Waals surface area contributed by atoms with Crippen molar-refractivity contribution < 1.29 is 18.0 Å². The Morgan fingerprint density at radius 1 is 1.07 bits per heavy atom. The Bertz CT molecular complexity index is 848. The van der Waals surface area contributed by atoms with E-state index in [2.05, 4.69) is 10.6 Å². The van der Waals surface area contributed by atoms with Crippen molar-refractivity contribution in [2.75, 3.05) is 39.3 Å². The van der Waals surface area contributed by atoms with Crippen LogP contribution in [0.25, 0.3) is 0 Å². The number of nitrogens with zero attached hydrogens (tertiary/aromatic N) is 2. The number of amides is 3. The van der Waals surface area contributed by atoms with Crippen LogP contribution in [-0.4, -0.2) is 68.8 Å². The number of nitrogens with one attached hydrogen (secondary N) is 2.